The molecule has 0 saturated carbocycles. The van der Waals surface area contributed by atoms with Gasteiger partial charge in [0.2, 0.25) is 5.91 Å². The Morgan fingerprint density at radius 3 is 2.75 bits per heavy atom. The molecular formula is C28H38N4O3S. The van der Waals surface area contributed by atoms with Crippen molar-refractivity contribution in [3.05, 3.63) is 57.8 Å². The van der Waals surface area contributed by atoms with Crippen molar-refractivity contribution in [3.8, 4) is 0 Å². The van der Waals surface area contributed by atoms with Gasteiger partial charge in [-0.2, -0.15) is 0 Å². The van der Waals surface area contributed by atoms with Crippen LogP contribution in [0.3, 0.4) is 0 Å². The van der Waals surface area contributed by atoms with Gasteiger partial charge in [0.1, 0.15) is 6.04 Å². The summed E-state index contributed by atoms with van der Waals surface area (Å²) in [4.78, 5) is 34.4. The van der Waals surface area contributed by atoms with Crippen molar-refractivity contribution < 1.29 is 14.3 Å². The maximum atomic E-state index is 13.8. The van der Waals surface area contributed by atoms with Crippen molar-refractivity contribution in [3.63, 3.8) is 0 Å². The number of hydrogen-bond acceptors (Lipinski definition) is 6. The van der Waals surface area contributed by atoms with Gasteiger partial charge in [-0.05, 0) is 56.2 Å². The Kier molecular flexibility index (Phi) is 8.36. The third-order valence-electron chi connectivity index (χ3n) is 7.69. The average Bonchev–Trinajstić information content (AvgIpc) is 3.64. The third-order valence-corrected chi connectivity index (χ3v) is 8.55. The van der Waals surface area contributed by atoms with E-state index in [0.29, 0.717) is 24.4 Å². The number of benzene rings is 1. The fourth-order valence-corrected chi connectivity index (χ4v) is 6.36. The first-order chi connectivity index (χ1) is 17.6. The maximum Gasteiger partial charge on any atom is 0.264 e. The fourth-order valence-electron chi connectivity index (χ4n) is 5.68. The summed E-state index contributed by atoms with van der Waals surface area (Å²) < 4.78 is 6.01. The molecule has 1 aromatic heterocycles. The van der Waals surface area contributed by atoms with Crippen LogP contribution in [-0.4, -0.2) is 90.6 Å². The molecule has 3 aliphatic rings. The number of hydrogen-bond donors (Lipinski definition) is 1. The summed E-state index contributed by atoms with van der Waals surface area (Å²) >= 11 is 1.45. The van der Waals surface area contributed by atoms with Crippen LogP contribution in [-0.2, 0) is 16.1 Å². The van der Waals surface area contributed by atoms with Gasteiger partial charge in [-0.3, -0.25) is 14.5 Å². The van der Waals surface area contributed by atoms with Crippen LogP contribution >= 0.6 is 11.3 Å². The Morgan fingerprint density at radius 2 is 2.00 bits per heavy atom. The number of likely N-dealkylation sites (tertiary alicyclic amines) is 1. The summed E-state index contributed by atoms with van der Waals surface area (Å²) in [6.45, 7) is 8.29. The lowest BCUT2D eigenvalue weighted by Gasteiger charge is -2.31. The zero-order chi connectivity index (χ0) is 24.9. The molecule has 194 valence electrons. The lowest BCUT2D eigenvalue weighted by molar-refractivity contribution is -0.135. The quantitative estimate of drug-likeness (QED) is 0.620. The molecule has 3 fully saturated rings. The second kappa shape index (κ2) is 11.9. The van der Waals surface area contributed by atoms with E-state index >= 15 is 0 Å². The Bertz CT molecular complexity index is 998. The molecule has 0 radical (unpaired) electrons. The molecule has 4 heterocycles. The van der Waals surface area contributed by atoms with Crippen molar-refractivity contribution in [2.75, 3.05) is 45.9 Å². The van der Waals surface area contributed by atoms with Gasteiger partial charge < -0.3 is 19.9 Å². The van der Waals surface area contributed by atoms with Crippen LogP contribution in [0.1, 0.15) is 46.5 Å². The zero-order valence-corrected chi connectivity index (χ0v) is 22.0. The van der Waals surface area contributed by atoms with Crippen LogP contribution in [0, 0.1) is 6.92 Å². The van der Waals surface area contributed by atoms with Gasteiger partial charge in [0.15, 0.2) is 0 Å². The van der Waals surface area contributed by atoms with Crippen LogP contribution in [0.25, 0.3) is 0 Å². The first-order valence-corrected chi connectivity index (χ1v) is 14.2. The van der Waals surface area contributed by atoms with Gasteiger partial charge in [0.25, 0.3) is 5.91 Å². The molecule has 0 aliphatic carbocycles. The maximum absolute atomic E-state index is 13.8. The monoisotopic (exact) mass is 510 g/mol. The summed E-state index contributed by atoms with van der Waals surface area (Å²) in [5.74, 6) is 0.0738. The molecule has 3 atom stereocenters. The zero-order valence-electron chi connectivity index (χ0n) is 21.2. The van der Waals surface area contributed by atoms with E-state index in [0.717, 1.165) is 58.6 Å². The summed E-state index contributed by atoms with van der Waals surface area (Å²) in [7, 11) is 0. The molecule has 2 aromatic rings. The number of aryl methyl sites for hydroxylation is 1. The largest absolute Gasteiger partial charge is 0.377 e. The third kappa shape index (κ3) is 5.99. The number of ether oxygens (including phenoxy) is 1. The molecule has 0 spiro atoms. The van der Waals surface area contributed by atoms with Crippen molar-refractivity contribution in [2.45, 2.75) is 57.3 Å². The Morgan fingerprint density at radius 1 is 1.14 bits per heavy atom. The van der Waals surface area contributed by atoms with E-state index in [1.54, 1.807) is 0 Å². The van der Waals surface area contributed by atoms with Gasteiger partial charge in [0.05, 0.1) is 11.0 Å². The summed E-state index contributed by atoms with van der Waals surface area (Å²) in [6.07, 6.45) is 3.99. The van der Waals surface area contributed by atoms with Crippen molar-refractivity contribution in [1.82, 2.24) is 20.0 Å². The first-order valence-electron chi connectivity index (χ1n) is 13.3. The number of carbonyl (C=O) groups excluding carboxylic acids is 2. The van der Waals surface area contributed by atoms with E-state index in [9.17, 15) is 9.59 Å². The Labute approximate surface area is 218 Å². The molecule has 0 bridgehead atoms. The minimum atomic E-state index is -0.423. The number of carbonyl (C=O) groups is 2. The standard InChI is InChI=1S/C28H38N4O3S/c1-21-7-9-22(10-8-21)18-31(20-24-5-2-15-35-24)23-17-25(27(33)30-13-4-11-29-12-14-30)32(19-23)28(34)26-6-3-16-36-26/h3,6-10,16,23-25,29H,2,4-5,11-15,17-20H2,1H3. The SMILES string of the molecule is Cc1ccc(CN(CC2CCCO2)C2CC(C(=O)N3CCCNCC3)N(C(=O)c3cccs3)C2)cc1. The molecule has 3 unspecified atom stereocenters. The molecule has 5 rings (SSSR count). The minimum Gasteiger partial charge on any atom is -0.377 e. The molecule has 2 amide bonds. The van der Waals surface area contributed by atoms with Gasteiger partial charge in [-0.15, -0.1) is 11.3 Å². The number of thiophene rings is 1. The molecular weight excluding hydrogens is 472 g/mol. The molecule has 1 N–H and O–H groups in total. The fraction of sp³-hybridized carbons (Fsp3) is 0.571. The van der Waals surface area contributed by atoms with Crippen molar-refractivity contribution >= 4 is 23.2 Å². The average molecular weight is 511 g/mol. The highest BCUT2D eigenvalue weighted by Gasteiger charge is 2.44. The predicted molar refractivity (Wildman–Crippen MR) is 142 cm³/mol. The van der Waals surface area contributed by atoms with Crippen LogP contribution in [0.2, 0.25) is 0 Å². The molecule has 36 heavy (non-hydrogen) atoms. The number of rotatable bonds is 7. The second-order valence-electron chi connectivity index (χ2n) is 10.3. The normalized spacial score (nSPS) is 24.9. The van der Waals surface area contributed by atoms with E-state index < -0.39 is 6.04 Å². The number of nitrogens with one attached hydrogen (secondary N) is 1. The summed E-state index contributed by atoms with van der Waals surface area (Å²) in [5.41, 5.74) is 2.50. The summed E-state index contributed by atoms with van der Waals surface area (Å²) in [5, 5.41) is 5.31. The van der Waals surface area contributed by atoms with Gasteiger partial charge >= 0.3 is 0 Å². The second-order valence-corrected chi connectivity index (χ2v) is 11.3. The smallest absolute Gasteiger partial charge is 0.264 e. The lowest BCUT2D eigenvalue weighted by Crippen LogP contribution is -2.48. The number of amides is 2. The highest BCUT2D eigenvalue weighted by Crippen LogP contribution is 2.29. The van der Waals surface area contributed by atoms with E-state index in [-0.39, 0.29) is 24.0 Å². The molecule has 1 aromatic carbocycles. The van der Waals surface area contributed by atoms with Crippen LogP contribution < -0.4 is 5.32 Å². The van der Waals surface area contributed by atoms with E-state index in [1.807, 2.05) is 27.3 Å². The molecule has 3 aliphatic heterocycles. The van der Waals surface area contributed by atoms with Crippen molar-refractivity contribution in [2.24, 2.45) is 0 Å². The highest BCUT2D eigenvalue weighted by atomic mass is 32.1. The van der Waals surface area contributed by atoms with Gasteiger partial charge in [-0.1, -0.05) is 35.9 Å². The van der Waals surface area contributed by atoms with E-state index in [4.69, 9.17) is 4.74 Å². The molecule has 7 nitrogen and oxygen atoms in total. The van der Waals surface area contributed by atoms with E-state index in [2.05, 4.69) is 41.4 Å². The molecule has 8 heteroatoms. The lowest BCUT2D eigenvalue weighted by atomic mass is 10.1. The number of nitrogens with zero attached hydrogens (tertiary/aromatic N) is 3. The highest BCUT2D eigenvalue weighted by molar-refractivity contribution is 7.12. The minimum absolute atomic E-state index is 0.0220. The predicted octanol–water partition coefficient (Wildman–Crippen LogP) is 3.14. The van der Waals surface area contributed by atoms with Crippen LogP contribution in [0.4, 0.5) is 0 Å². The Balaban J connectivity index is 1.39. The van der Waals surface area contributed by atoms with Crippen LogP contribution in [0.5, 0.6) is 0 Å². The molecule has 3 saturated heterocycles. The Hall–Kier alpha value is -2.26. The van der Waals surface area contributed by atoms with Gasteiger partial charge in [-0.25, -0.2) is 0 Å². The topological polar surface area (TPSA) is 65.1 Å². The first kappa shape index (κ1) is 25.4. The summed E-state index contributed by atoms with van der Waals surface area (Å²) in [6, 6.07) is 12.1. The van der Waals surface area contributed by atoms with Gasteiger partial charge in [0, 0.05) is 51.9 Å². The van der Waals surface area contributed by atoms with E-state index in [1.165, 1.54) is 22.5 Å². The van der Waals surface area contributed by atoms with Crippen LogP contribution in [0.15, 0.2) is 41.8 Å². The van der Waals surface area contributed by atoms with Crippen molar-refractivity contribution in [1.29, 1.82) is 0 Å².